The van der Waals surface area contributed by atoms with E-state index in [-0.39, 0.29) is 5.79 Å². The molecule has 0 aromatic heterocycles. The third-order valence-electron chi connectivity index (χ3n) is 10.9. The van der Waals surface area contributed by atoms with Gasteiger partial charge in [-0.3, -0.25) is 0 Å². The van der Waals surface area contributed by atoms with Gasteiger partial charge in [-0.05, 0) is 94.8 Å². The molecule has 2 unspecified atom stereocenters. The average Bonchev–Trinajstić information content (AvgIpc) is 3.71. The molecule has 2 saturated carbocycles. The third kappa shape index (κ3) is 15.1. The summed E-state index contributed by atoms with van der Waals surface area (Å²) < 4.78 is 13.9. The smallest absolute Gasteiger partial charge is 0.169 e. The van der Waals surface area contributed by atoms with E-state index in [1.54, 1.807) is 0 Å². The topological polar surface area (TPSA) is 18.5 Å². The molecule has 2 bridgehead atoms. The van der Waals surface area contributed by atoms with Crippen LogP contribution in [-0.2, 0) is 9.47 Å². The SMILES string of the molecule is CCCC/C=C\C/C=C\CCCCCCCCC1(CCCCCCCC/C=C\C/C=C\CCCC)O[C@@H]2C3CC([C@H](C)C3)[C@@H]2O1. The molecule has 1 aliphatic heterocycles. The molecule has 258 valence electrons. The second kappa shape index (κ2) is 24.1. The summed E-state index contributed by atoms with van der Waals surface area (Å²) in [5.74, 6) is 2.06. The lowest BCUT2D eigenvalue weighted by molar-refractivity contribution is -0.196. The van der Waals surface area contributed by atoms with E-state index in [1.807, 2.05) is 0 Å². The van der Waals surface area contributed by atoms with Crippen molar-refractivity contribution in [1.82, 2.24) is 0 Å². The molecular formula is C43H74O2. The summed E-state index contributed by atoms with van der Waals surface area (Å²) in [5.41, 5.74) is 0. The summed E-state index contributed by atoms with van der Waals surface area (Å²) >= 11 is 0. The molecule has 0 radical (unpaired) electrons. The number of hydrogen-bond donors (Lipinski definition) is 0. The molecule has 0 spiro atoms. The number of allylic oxidation sites excluding steroid dienone is 8. The molecule has 3 aliphatic rings. The highest BCUT2D eigenvalue weighted by Gasteiger charge is 2.60. The van der Waals surface area contributed by atoms with Gasteiger partial charge in [-0.25, -0.2) is 0 Å². The number of fused-ring (bicyclic) bond motifs is 5. The highest BCUT2D eigenvalue weighted by molar-refractivity contribution is 5.06. The summed E-state index contributed by atoms with van der Waals surface area (Å²) in [4.78, 5) is 0. The van der Waals surface area contributed by atoms with Crippen molar-refractivity contribution in [2.45, 2.75) is 206 Å². The first-order chi connectivity index (χ1) is 22.2. The third-order valence-corrected chi connectivity index (χ3v) is 10.9. The Labute approximate surface area is 281 Å². The van der Waals surface area contributed by atoms with Gasteiger partial charge in [0.2, 0.25) is 0 Å². The minimum absolute atomic E-state index is 0.276. The van der Waals surface area contributed by atoms with Crippen molar-refractivity contribution in [3.05, 3.63) is 48.6 Å². The molecule has 2 nitrogen and oxygen atoms in total. The van der Waals surface area contributed by atoms with Crippen LogP contribution in [0, 0.1) is 17.8 Å². The van der Waals surface area contributed by atoms with E-state index in [0.29, 0.717) is 12.2 Å². The predicted octanol–water partition coefficient (Wildman–Crippen LogP) is 13.8. The fourth-order valence-corrected chi connectivity index (χ4v) is 8.16. The maximum absolute atomic E-state index is 6.97. The summed E-state index contributed by atoms with van der Waals surface area (Å²) in [7, 11) is 0. The molecule has 0 amide bonds. The van der Waals surface area contributed by atoms with Gasteiger partial charge in [-0.2, -0.15) is 0 Å². The van der Waals surface area contributed by atoms with Crippen LogP contribution < -0.4 is 0 Å². The van der Waals surface area contributed by atoms with Crippen molar-refractivity contribution in [2.24, 2.45) is 17.8 Å². The van der Waals surface area contributed by atoms with Gasteiger partial charge >= 0.3 is 0 Å². The highest BCUT2D eigenvalue weighted by Crippen LogP contribution is 2.57. The molecule has 1 saturated heterocycles. The van der Waals surface area contributed by atoms with Crippen LogP contribution >= 0.6 is 0 Å². The van der Waals surface area contributed by atoms with Crippen molar-refractivity contribution >= 4 is 0 Å². The predicted molar refractivity (Wildman–Crippen MR) is 197 cm³/mol. The summed E-state index contributed by atoms with van der Waals surface area (Å²) in [6, 6.07) is 0. The summed E-state index contributed by atoms with van der Waals surface area (Å²) in [6.45, 7) is 6.97. The first-order valence-corrected chi connectivity index (χ1v) is 20.1. The van der Waals surface area contributed by atoms with Gasteiger partial charge in [0.1, 0.15) is 0 Å². The van der Waals surface area contributed by atoms with E-state index in [1.165, 1.54) is 141 Å². The summed E-state index contributed by atoms with van der Waals surface area (Å²) in [5, 5.41) is 0. The lowest BCUT2D eigenvalue weighted by atomic mass is 9.86. The fourth-order valence-electron chi connectivity index (χ4n) is 8.16. The number of hydrogen-bond acceptors (Lipinski definition) is 2. The van der Waals surface area contributed by atoms with Crippen LogP contribution in [0.3, 0.4) is 0 Å². The number of ether oxygens (including phenoxy) is 2. The minimum Gasteiger partial charge on any atom is -0.344 e. The second-order valence-corrected chi connectivity index (χ2v) is 14.9. The molecule has 0 aromatic rings. The van der Waals surface area contributed by atoms with Crippen LogP contribution in [0.4, 0.5) is 0 Å². The van der Waals surface area contributed by atoms with Gasteiger partial charge < -0.3 is 9.47 Å². The Hall–Kier alpha value is -1.12. The number of rotatable bonds is 28. The first-order valence-electron chi connectivity index (χ1n) is 20.1. The van der Waals surface area contributed by atoms with E-state index < -0.39 is 0 Å². The van der Waals surface area contributed by atoms with Crippen LogP contribution in [0.15, 0.2) is 48.6 Å². The highest BCUT2D eigenvalue weighted by atomic mass is 16.8. The Balaban J connectivity index is 1.24. The molecular weight excluding hydrogens is 548 g/mol. The van der Waals surface area contributed by atoms with Crippen LogP contribution in [-0.4, -0.2) is 18.0 Å². The lowest BCUT2D eigenvalue weighted by Gasteiger charge is -2.30. The Bertz CT molecular complexity index is 791. The standard InChI is InChI=1S/C43H74O2/c1-4-6-8-10-12-14-16-18-20-22-24-26-28-30-32-34-43(44-41-39-36-38(3)40(37-39)42(41)45-43)35-33-31-29-27-25-23-21-19-17-15-13-11-9-7-5-2/h10-13,16-19,38-42H,4-9,14-15,20-37H2,1-3H3/b12-10-,13-11-,18-16-,19-17-/t38-,39?,40?,41-,42+/m1/s1. The molecule has 2 heteroatoms. The van der Waals surface area contributed by atoms with Crippen LogP contribution in [0.2, 0.25) is 0 Å². The molecule has 3 rings (SSSR count). The lowest BCUT2D eigenvalue weighted by Crippen LogP contribution is -2.33. The van der Waals surface area contributed by atoms with E-state index >= 15 is 0 Å². The second-order valence-electron chi connectivity index (χ2n) is 14.9. The summed E-state index contributed by atoms with van der Waals surface area (Å²) in [6.07, 6.45) is 53.0. The van der Waals surface area contributed by atoms with E-state index in [0.717, 1.165) is 43.4 Å². The molecule has 1 heterocycles. The zero-order valence-corrected chi connectivity index (χ0v) is 30.2. The Morgan fingerprint density at radius 3 is 1.40 bits per heavy atom. The van der Waals surface area contributed by atoms with E-state index in [2.05, 4.69) is 69.4 Å². The van der Waals surface area contributed by atoms with Crippen LogP contribution in [0.5, 0.6) is 0 Å². The number of unbranched alkanes of at least 4 members (excludes halogenated alkanes) is 16. The molecule has 0 N–H and O–H groups in total. The van der Waals surface area contributed by atoms with Gasteiger partial charge in [-0.1, -0.05) is 146 Å². The van der Waals surface area contributed by atoms with Gasteiger partial charge in [0.05, 0.1) is 12.2 Å². The minimum atomic E-state index is -0.276. The zero-order valence-electron chi connectivity index (χ0n) is 30.2. The molecule has 3 fully saturated rings. The van der Waals surface area contributed by atoms with Gasteiger partial charge in [0.25, 0.3) is 0 Å². The molecule has 45 heavy (non-hydrogen) atoms. The van der Waals surface area contributed by atoms with Crippen molar-refractivity contribution in [2.75, 3.05) is 0 Å². The molecule has 2 aliphatic carbocycles. The van der Waals surface area contributed by atoms with Crippen molar-refractivity contribution in [3.8, 4) is 0 Å². The quantitative estimate of drug-likeness (QED) is 0.0638. The van der Waals surface area contributed by atoms with E-state index in [4.69, 9.17) is 9.47 Å². The average molecular weight is 623 g/mol. The molecule has 0 aromatic carbocycles. The van der Waals surface area contributed by atoms with Crippen LogP contribution in [0.1, 0.15) is 188 Å². The fraction of sp³-hybridized carbons (Fsp3) is 0.814. The van der Waals surface area contributed by atoms with Gasteiger partial charge in [0.15, 0.2) is 5.79 Å². The largest absolute Gasteiger partial charge is 0.344 e. The Kier molecular flexibility index (Phi) is 20.5. The van der Waals surface area contributed by atoms with Crippen molar-refractivity contribution in [1.29, 1.82) is 0 Å². The maximum atomic E-state index is 6.97. The normalized spacial score (nSPS) is 25.7. The van der Waals surface area contributed by atoms with Gasteiger partial charge in [0, 0.05) is 12.8 Å². The Morgan fingerprint density at radius 2 is 0.911 bits per heavy atom. The molecule has 5 atom stereocenters. The maximum Gasteiger partial charge on any atom is 0.169 e. The van der Waals surface area contributed by atoms with Crippen LogP contribution in [0.25, 0.3) is 0 Å². The zero-order chi connectivity index (χ0) is 31.8. The first kappa shape index (κ1) is 38.3. The Morgan fingerprint density at radius 1 is 0.489 bits per heavy atom. The monoisotopic (exact) mass is 623 g/mol. The van der Waals surface area contributed by atoms with Gasteiger partial charge in [-0.15, -0.1) is 0 Å². The van der Waals surface area contributed by atoms with Crippen molar-refractivity contribution < 1.29 is 9.47 Å². The van der Waals surface area contributed by atoms with Crippen molar-refractivity contribution in [3.63, 3.8) is 0 Å². The van der Waals surface area contributed by atoms with E-state index in [9.17, 15) is 0 Å².